The Balaban J connectivity index is 1.21. The number of allylic oxidation sites excluding steroid dienone is 2. The van der Waals surface area contributed by atoms with E-state index in [0.717, 1.165) is 44.2 Å². The van der Waals surface area contributed by atoms with Gasteiger partial charge in [-0.1, -0.05) is 24.3 Å². The van der Waals surface area contributed by atoms with Crippen molar-refractivity contribution in [3.63, 3.8) is 0 Å². The number of fused-ring (bicyclic) bond motifs is 2. The number of hydrogen-bond donors (Lipinski definition) is 4. The fourth-order valence-electron chi connectivity index (χ4n) is 4.82. The number of amides is 1. The Morgan fingerprint density at radius 1 is 1.00 bits per heavy atom. The molecule has 1 amide bonds. The van der Waals surface area contributed by atoms with Crippen molar-refractivity contribution in [1.29, 1.82) is 0 Å². The number of benzene rings is 2. The number of H-pyrrole nitrogens is 1. The van der Waals surface area contributed by atoms with Gasteiger partial charge in [-0.15, -0.1) is 11.3 Å². The summed E-state index contributed by atoms with van der Waals surface area (Å²) < 4.78 is 13.8. The van der Waals surface area contributed by atoms with Gasteiger partial charge in [-0.25, -0.2) is 4.98 Å². The number of nitrogens with one attached hydrogen (secondary N) is 4. The summed E-state index contributed by atoms with van der Waals surface area (Å²) in [6.07, 6.45) is 8.98. The molecule has 2 aromatic carbocycles. The minimum Gasteiger partial charge on any atom is -0.366 e. The van der Waals surface area contributed by atoms with Crippen molar-refractivity contribution in [1.82, 2.24) is 15.0 Å². The second-order valence-corrected chi connectivity index (χ2v) is 10.4. The van der Waals surface area contributed by atoms with Crippen LogP contribution in [0.1, 0.15) is 32.3 Å². The summed E-state index contributed by atoms with van der Waals surface area (Å²) in [5.74, 6) is 1.11. The van der Waals surface area contributed by atoms with E-state index in [1.165, 1.54) is 6.07 Å². The molecule has 2 aliphatic rings. The number of hydrogen-bond acceptors (Lipinski definition) is 7. The summed E-state index contributed by atoms with van der Waals surface area (Å²) in [5, 5.41) is 9.23. The smallest absolute Gasteiger partial charge is 0.255 e. The van der Waals surface area contributed by atoms with Crippen molar-refractivity contribution in [3.8, 4) is 11.1 Å². The molecule has 7 rings (SSSR count). The van der Waals surface area contributed by atoms with Gasteiger partial charge in [-0.3, -0.25) is 14.8 Å². The molecule has 8 nitrogen and oxygen atoms in total. The summed E-state index contributed by atoms with van der Waals surface area (Å²) in [7, 11) is 0. The zero-order valence-corrected chi connectivity index (χ0v) is 22.3. The second kappa shape index (κ2) is 10.3. The third-order valence-corrected chi connectivity index (χ3v) is 7.66. The molecule has 0 radical (unpaired) electrons. The molecule has 5 aromatic rings. The number of anilines is 3. The number of aromatic nitrogens is 3. The lowest BCUT2D eigenvalue weighted by Crippen LogP contribution is -2.18. The maximum atomic E-state index is 13.8. The van der Waals surface area contributed by atoms with Crippen LogP contribution in [0.5, 0.6) is 0 Å². The zero-order chi connectivity index (χ0) is 27.8. The lowest BCUT2D eigenvalue weighted by molar-refractivity contribution is 0.102. The highest BCUT2D eigenvalue weighted by Gasteiger charge is 2.24. The van der Waals surface area contributed by atoms with Gasteiger partial charge in [0.2, 0.25) is 0 Å². The van der Waals surface area contributed by atoms with Crippen molar-refractivity contribution in [2.45, 2.75) is 0 Å². The van der Waals surface area contributed by atoms with E-state index in [-0.39, 0.29) is 11.0 Å². The summed E-state index contributed by atoms with van der Waals surface area (Å²) in [4.78, 5) is 30.9. The number of thiophene rings is 1. The monoisotopic (exact) mass is 559 g/mol. The number of imidazole rings is 1. The molecule has 200 valence electrons. The van der Waals surface area contributed by atoms with E-state index < -0.39 is 0 Å². The molecule has 0 saturated heterocycles. The standard InChI is InChI=1S/C31H22FN7OS/c32-26-11-10-25(41-26)22-7-4-12-34-29-28(22)38-30(39-29)27-23-14-19(8-9-24(23)35-17-36-27)20-13-21(16-33-15-20)37-31(40)18-5-2-1-3-6-18/h1-16,34-35H,17H2,(H,37,40)(H,38,39). The quantitative estimate of drug-likeness (QED) is 0.196. The third-order valence-electron chi connectivity index (χ3n) is 6.76. The van der Waals surface area contributed by atoms with Crippen molar-refractivity contribution in [3.05, 3.63) is 130 Å². The van der Waals surface area contributed by atoms with Gasteiger partial charge >= 0.3 is 0 Å². The normalized spacial score (nSPS) is 13.6. The van der Waals surface area contributed by atoms with Crippen LogP contribution in [0.15, 0.2) is 102 Å². The van der Waals surface area contributed by atoms with E-state index >= 15 is 0 Å². The molecular weight excluding hydrogens is 537 g/mol. The van der Waals surface area contributed by atoms with Gasteiger partial charge in [0.1, 0.15) is 23.9 Å². The van der Waals surface area contributed by atoms with Crippen LogP contribution in [0.4, 0.5) is 21.6 Å². The number of aromatic amines is 1. The molecule has 0 atom stereocenters. The topological polar surface area (TPSA) is 107 Å². The molecule has 4 N–H and O–H groups in total. The first-order valence-corrected chi connectivity index (χ1v) is 13.7. The summed E-state index contributed by atoms with van der Waals surface area (Å²) in [5.41, 5.74) is 6.94. The van der Waals surface area contributed by atoms with Gasteiger partial charge in [-0.05, 0) is 60.2 Å². The molecular formula is C31H22FN7OS. The number of carbonyl (C=O) groups excluding carboxylic acids is 1. The Hall–Kier alpha value is -5.35. The van der Waals surface area contributed by atoms with E-state index in [1.54, 1.807) is 30.6 Å². The molecule has 5 heterocycles. The Labute approximate surface area is 238 Å². The van der Waals surface area contributed by atoms with Crippen LogP contribution in [0, 0.1) is 5.13 Å². The van der Waals surface area contributed by atoms with E-state index in [2.05, 4.69) is 25.9 Å². The molecule has 0 spiro atoms. The van der Waals surface area contributed by atoms with Crippen molar-refractivity contribution in [2.75, 3.05) is 22.6 Å². The molecule has 2 aliphatic heterocycles. The molecule has 10 heteroatoms. The first-order valence-electron chi connectivity index (χ1n) is 12.9. The predicted molar refractivity (Wildman–Crippen MR) is 161 cm³/mol. The van der Waals surface area contributed by atoms with Crippen LogP contribution < -0.4 is 16.0 Å². The van der Waals surface area contributed by atoms with Crippen molar-refractivity contribution >= 4 is 45.7 Å². The summed E-state index contributed by atoms with van der Waals surface area (Å²) in [6, 6.07) is 20.2. The molecule has 41 heavy (non-hydrogen) atoms. The van der Waals surface area contributed by atoms with Crippen LogP contribution in [-0.4, -0.2) is 33.2 Å². The van der Waals surface area contributed by atoms with Crippen LogP contribution in [0.3, 0.4) is 0 Å². The Morgan fingerprint density at radius 3 is 2.76 bits per heavy atom. The fourth-order valence-corrected chi connectivity index (χ4v) is 5.58. The van der Waals surface area contributed by atoms with Gasteiger partial charge in [0.05, 0.1) is 11.9 Å². The minimum absolute atomic E-state index is 0.201. The summed E-state index contributed by atoms with van der Waals surface area (Å²) in [6.45, 7) is 0.405. The van der Waals surface area contributed by atoms with E-state index in [0.29, 0.717) is 41.0 Å². The zero-order valence-electron chi connectivity index (χ0n) is 21.5. The van der Waals surface area contributed by atoms with Gasteiger partial charge in [0.25, 0.3) is 5.91 Å². The van der Waals surface area contributed by atoms with Crippen LogP contribution >= 0.6 is 11.3 Å². The highest BCUT2D eigenvalue weighted by Crippen LogP contribution is 2.35. The van der Waals surface area contributed by atoms with E-state index in [1.807, 2.05) is 60.8 Å². The number of aliphatic imine (C=N–C) groups is 1. The molecule has 3 aromatic heterocycles. The van der Waals surface area contributed by atoms with Crippen LogP contribution in [0.25, 0.3) is 16.7 Å². The molecule has 0 unspecified atom stereocenters. The molecule has 0 bridgehead atoms. The maximum absolute atomic E-state index is 13.8. The largest absolute Gasteiger partial charge is 0.366 e. The minimum atomic E-state index is -0.248. The molecule has 0 fully saturated rings. The Morgan fingerprint density at radius 2 is 1.90 bits per heavy atom. The average molecular weight is 560 g/mol. The lowest BCUT2D eigenvalue weighted by atomic mass is 9.98. The number of halogens is 1. The third kappa shape index (κ3) is 4.81. The first kappa shape index (κ1) is 24.7. The van der Waals surface area contributed by atoms with Crippen LogP contribution in [-0.2, 0) is 0 Å². The predicted octanol–water partition coefficient (Wildman–Crippen LogP) is 6.52. The number of carbonyl (C=O) groups is 1. The van der Waals surface area contributed by atoms with Crippen molar-refractivity contribution < 1.29 is 9.18 Å². The molecule has 0 aliphatic carbocycles. The average Bonchev–Trinajstić information content (AvgIpc) is 3.58. The number of pyridine rings is 1. The van der Waals surface area contributed by atoms with E-state index in [9.17, 15) is 9.18 Å². The second-order valence-electron chi connectivity index (χ2n) is 9.38. The van der Waals surface area contributed by atoms with Gasteiger partial charge in [0.15, 0.2) is 11.0 Å². The Bertz CT molecular complexity index is 1890. The molecule has 0 saturated carbocycles. The maximum Gasteiger partial charge on any atom is 0.255 e. The van der Waals surface area contributed by atoms with Gasteiger partial charge in [-0.2, -0.15) is 4.39 Å². The first-order chi connectivity index (χ1) is 20.1. The van der Waals surface area contributed by atoms with Gasteiger partial charge < -0.3 is 20.9 Å². The number of nitrogens with zero attached hydrogens (tertiary/aromatic N) is 3. The van der Waals surface area contributed by atoms with Crippen LogP contribution in [0.2, 0.25) is 0 Å². The highest BCUT2D eigenvalue weighted by atomic mass is 32.1. The Kier molecular flexibility index (Phi) is 6.21. The van der Waals surface area contributed by atoms with E-state index in [4.69, 9.17) is 9.98 Å². The SMILES string of the molecule is O=C(Nc1cncc(-c2ccc3c(c2)C(c2nc4c([nH]2)NC=CC=C4c2ccc(F)s2)=NCN3)c1)c1ccccc1. The van der Waals surface area contributed by atoms with Gasteiger partial charge in [0, 0.05) is 45.2 Å². The number of rotatable bonds is 5. The van der Waals surface area contributed by atoms with Crippen molar-refractivity contribution in [2.24, 2.45) is 4.99 Å². The lowest BCUT2D eigenvalue weighted by Gasteiger charge is -2.18. The fraction of sp³-hybridized carbons (Fsp3) is 0.0323. The highest BCUT2D eigenvalue weighted by molar-refractivity contribution is 7.11. The summed E-state index contributed by atoms with van der Waals surface area (Å²) >= 11 is 1.08.